The molecule has 0 bridgehead atoms. The Balaban J connectivity index is 2.93. The molecular weight excluding hydrogens is 232 g/mol. The molecule has 0 saturated heterocycles. The predicted molar refractivity (Wildman–Crippen MR) is 67.7 cm³/mol. The van der Waals surface area contributed by atoms with Crippen LogP contribution >= 0.6 is 0 Å². The summed E-state index contributed by atoms with van der Waals surface area (Å²) in [5.74, 6) is -1.33. The van der Waals surface area contributed by atoms with Crippen molar-refractivity contribution in [1.29, 1.82) is 0 Å². The average molecular weight is 250 g/mol. The summed E-state index contributed by atoms with van der Waals surface area (Å²) in [5, 5.41) is 8.85. The summed E-state index contributed by atoms with van der Waals surface area (Å²) < 4.78 is 0. The molecule has 1 N–H and O–H groups in total. The molecule has 98 valence electrons. The lowest BCUT2D eigenvalue weighted by molar-refractivity contribution is 0.0689. The van der Waals surface area contributed by atoms with Crippen LogP contribution in [-0.4, -0.2) is 40.0 Å². The first-order valence-corrected chi connectivity index (χ1v) is 6.09. The quantitative estimate of drug-likeness (QED) is 0.838. The van der Waals surface area contributed by atoms with E-state index >= 15 is 0 Å². The molecule has 1 aromatic heterocycles. The third kappa shape index (κ3) is 3.55. The largest absolute Gasteiger partial charge is 0.477 e. The second kappa shape index (κ2) is 6.74. The zero-order chi connectivity index (χ0) is 13.5. The third-order valence-electron chi connectivity index (χ3n) is 2.46. The summed E-state index contributed by atoms with van der Waals surface area (Å²) in [6, 6.07) is 4.47. The van der Waals surface area contributed by atoms with Gasteiger partial charge in [0.25, 0.3) is 5.91 Å². The normalized spacial score (nSPS) is 10.1. The number of rotatable bonds is 6. The summed E-state index contributed by atoms with van der Waals surface area (Å²) in [5.41, 5.74) is 0.0885. The van der Waals surface area contributed by atoms with Crippen LogP contribution in [-0.2, 0) is 0 Å². The molecular formula is C13H18N2O3. The highest BCUT2D eigenvalue weighted by Gasteiger charge is 2.17. The Morgan fingerprint density at radius 3 is 2.22 bits per heavy atom. The van der Waals surface area contributed by atoms with Gasteiger partial charge >= 0.3 is 5.97 Å². The van der Waals surface area contributed by atoms with Gasteiger partial charge in [-0.2, -0.15) is 0 Å². The van der Waals surface area contributed by atoms with Crippen molar-refractivity contribution in [2.24, 2.45) is 0 Å². The van der Waals surface area contributed by atoms with Gasteiger partial charge in [-0.05, 0) is 25.0 Å². The van der Waals surface area contributed by atoms with Gasteiger partial charge in [0.05, 0.1) is 0 Å². The van der Waals surface area contributed by atoms with Crippen LogP contribution in [0.3, 0.4) is 0 Å². The fourth-order valence-corrected chi connectivity index (χ4v) is 1.69. The van der Waals surface area contributed by atoms with Crippen molar-refractivity contribution in [3.05, 3.63) is 29.6 Å². The number of hydrogen-bond acceptors (Lipinski definition) is 3. The van der Waals surface area contributed by atoms with Crippen molar-refractivity contribution in [2.75, 3.05) is 13.1 Å². The van der Waals surface area contributed by atoms with Crippen molar-refractivity contribution in [2.45, 2.75) is 26.7 Å². The molecule has 5 heteroatoms. The maximum absolute atomic E-state index is 12.2. The number of aromatic nitrogens is 1. The van der Waals surface area contributed by atoms with Gasteiger partial charge < -0.3 is 10.0 Å². The van der Waals surface area contributed by atoms with E-state index in [1.807, 2.05) is 13.8 Å². The molecule has 0 aliphatic carbocycles. The minimum Gasteiger partial charge on any atom is -0.477 e. The van der Waals surface area contributed by atoms with Crippen LogP contribution < -0.4 is 0 Å². The zero-order valence-electron chi connectivity index (χ0n) is 10.7. The topological polar surface area (TPSA) is 70.5 Å². The fraction of sp³-hybridized carbons (Fsp3) is 0.462. The van der Waals surface area contributed by atoms with E-state index in [1.54, 1.807) is 17.0 Å². The molecule has 5 nitrogen and oxygen atoms in total. The Bertz CT molecular complexity index is 426. The Labute approximate surface area is 106 Å². The molecule has 1 aromatic rings. The van der Waals surface area contributed by atoms with Gasteiger partial charge in [-0.15, -0.1) is 0 Å². The van der Waals surface area contributed by atoms with Crippen LogP contribution in [0.25, 0.3) is 0 Å². The van der Waals surface area contributed by atoms with Gasteiger partial charge in [-0.25, -0.2) is 9.78 Å². The van der Waals surface area contributed by atoms with Crippen LogP contribution in [0.2, 0.25) is 0 Å². The lowest BCUT2D eigenvalue weighted by atomic mass is 10.2. The number of carbonyl (C=O) groups is 2. The number of carbonyl (C=O) groups excluding carboxylic acids is 1. The van der Waals surface area contributed by atoms with Gasteiger partial charge in [0.1, 0.15) is 11.4 Å². The predicted octanol–water partition coefficient (Wildman–Crippen LogP) is 2.04. The molecule has 1 amide bonds. The molecule has 0 unspecified atom stereocenters. The van der Waals surface area contributed by atoms with Crippen LogP contribution in [0, 0.1) is 0 Å². The Morgan fingerprint density at radius 1 is 1.17 bits per heavy atom. The first kappa shape index (κ1) is 14.2. The molecule has 0 fully saturated rings. The number of amides is 1. The van der Waals surface area contributed by atoms with Crippen LogP contribution in [0.15, 0.2) is 18.2 Å². The van der Waals surface area contributed by atoms with Crippen LogP contribution in [0.1, 0.15) is 47.7 Å². The molecule has 0 saturated carbocycles. The number of hydrogen-bond donors (Lipinski definition) is 1. The molecule has 0 aliphatic rings. The van der Waals surface area contributed by atoms with Crippen LogP contribution in [0.5, 0.6) is 0 Å². The number of carboxylic acid groups (broad SMARTS) is 1. The monoisotopic (exact) mass is 250 g/mol. The molecule has 0 atom stereocenters. The van der Waals surface area contributed by atoms with E-state index in [0.717, 1.165) is 12.8 Å². The lowest BCUT2D eigenvalue weighted by Crippen LogP contribution is -2.33. The standard InChI is InChI=1S/C13H18N2O3/c1-3-8-15(9-4-2)12(16)10-6-5-7-11(14-10)13(17)18/h5-7H,3-4,8-9H2,1-2H3,(H,17,18). The van der Waals surface area contributed by atoms with Crippen molar-refractivity contribution in [1.82, 2.24) is 9.88 Å². The zero-order valence-corrected chi connectivity index (χ0v) is 10.7. The Hall–Kier alpha value is -1.91. The summed E-state index contributed by atoms with van der Waals surface area (Å²) in [6.45, 7) is 5.31. The molecule has 0 spiro atoms. The molecule has 1 heterocycles. The third-order valence-corrected chi connectivity index (χ3v) is 2.46. The van der Waals surface area contributed by atoms with E-state index in [2.05, 4.69) is 4.98 Å². The fourth-order valence-electron chi connectivity index (χ4n) is 1.69. The molecule has 0 aliphatic heterocycles. The van der Waals surface area contributed by atoms with Gasteiger partial charge in [-0.3, -0.25) is 4.79 Å². The first-order chi connectivity index (χ1) is 8.60. The summed E-state index contributed by atoms with van der Waals surface area (Å²) in [4.78, 5) is 28.5. The number of aromatic carboxylic acids is 1. The van der Waals surface area contributed by atoms with Crippen LogP contribution in [0.4, 0.5) is 0 Å². The van der Waals surface area contributed by atoms with Gasteiger partial charge in [-0.1, -0.05) is 19.9 Å². The maximum atomic E-state index is 12.2. The van der Waals surface area contributed by atoms with E-state index in [0.29, 0.717) is 13.1 Å². The first-order valence-electron chi connectivity index (χ1n) is 6.09. The molecule has 0 radical (unpaired) electrons. The summed E-state index contributed by atoms with van der Waals surface area (Å²) in [7, 11) is 0. The number of carboxylic acids is 1. The number of pyridine rings is 1. The Morgan fingerprint density at radius 2 is 1.72 bits per heavy atom. The summed E-state index contributed by atoms with van der Waals surface area (Å²) in [6.07, 6.45) is 1.73. The summed E-state index contributed by atoms with van der Waals surface area (Å²) >= 11 is 0. The molecule has 1 rings (SSSR count). The van der Waals surface area contributed by atoms with Gasteiger partial charge in [0.2, 0.25) is 0 Å². The average Bonchev–Trinajstić information content (AvgIpc) is 2.38. The van der Waals surface area contributed by atoms with Gasteiger partial charge in [0, 0.05) is 13.1 Å². The second-order valence-electron chi connectivity index (χ2n) is 4.01. The van der Waals surface area contributed by atoms with Crippen molar-refractivity contribution in [3.8, 4) is 0 Å². The van der Waals surface area contributed by atoms with E-state index in [9.17, 15) is 9.59 Å². The van der Waals surface area contributed by atoms with E-state index in [1.165, 1.54) is 6.07 Å². The highest BCUT2D eigenvalue weighted by molar-refractivity contribution is 5.94. The van der Waals surface area contributed by atoms with Crippen molar-refractivity contribution >= 4 is 11.9 Å². The van der Waals surface area contributed by atoms with Gasteiger partial charge in [0.15, 0.2) is 0 Å². The molecule has 0 aromatic carbocycles. The smallest absolute Gasteiger partial charge is 0.354 e. The van der Waals surface area contributed by atoms with E-state index in [-0.39, 0.29) is 17.3 Å². The minimum atomic E-state index is -1.12. The van der Waals surface area contributed by atoms with E-state index < -0.39 is 5.97 Å². The highest BCUT2D eigenvalue weighted by atomic mass is 16.4. The Kier molecular flexibility index (Phi) is 5.30. The maximum Gasteiger partial charge on any atom is 0.354 e. The molecule has 18 heavy (non-hydrogen) atoms. The van der Waals surface area contributed by atoms with Crippen molar-refractivity contribution < 1.29 is 14.7 Å². The van der Waals surface area contributed by atoms with E-state index in [4.69, 9.17) is 5.11 Å². The number of nitrogens with zero attached hydrogens (tertiary/aromatic N) is 2. The SMILES string of the molecule is CCCN(CCC)C(=O)c1cccc(C(=O)O)n1. The highest BCUT2D eigenvalue weighted by Crippen LogP contribution is 2.06. The lowest BCUT2D eigenvalue weighted by Gasteiger charge is -2.20. The van der Waals surface area contributed by atoms with Crippen molar-refractivity contribution in [3.63, 3.8) is 0 Å². The second-order valence-corrected chi connectivity index (χ2v) is 4.01. The minimum absolute atomic E-state index is 0.103.